The SMILES string of the molecule is COc1ccccc1C=C1C(=O)ON=C1c1ccc(C)c([N+](=O)[O-])c1. The first-order valence-corrected chi connectivity index (χ1v) is 7.41. The van der Waals surface area contributed by atoms with Gasteiger partial charge in [-0.05, 0) is 19.1 Å². The van der Waals surface area contributed by atoms with Crippen LogP contribution in [0, 0.1) is 17.0 Å². The van der Waals surface area contributed by atoms with Gasteiger partial charge in [0.2, 0.25) is 0 Å². The molecule has 1 aliphatic rings. The van der Waals surface area contributed by atoms with Crippen LogP contribution in [0.4, 0.5) is 5.69 Å². The third-order valence-electron chi connectivity index (χ3n) is 3.81. The Bertz CT molecular complexity index is 931. The molecule has 7 nitrogen and oxygen atoms in total. The van der Waals surface area contributed by atoms with Gasteiger partial charge in [-0.2, -0.15) is 0 Å². The number of hydrogen-bond acceptors (Lipinski definition) is 6. The lowest BCUT2D eigenvalue weighted by atomic mass is 9.98. The Morgan fingerprint density at radius 3 is 2.72 bits per heavy atom. The monoisotopic (exact) mass is 338 g/mol. The molecule has 0 saturated heterocycles. The molecule has 2 aromatic rings. The van der Waals surface area contributed by atoms with Crippen LogP contribution < -0.4 is 4.74 Å². The summed E-state index contributed by atoms with van der Waals surface area (Å²) >= 11 is 0. The molecule has 7 heteroatoms. The van der Waals surface area contributed by atoms with Gasteiger partial charge in [-0.25, -0.2) is 4.79 Å². The maximum absolute atomic E-state index is 12.1. The summed E-state index contributed by atoms with van der Waals surface area (Å²) in [6.07, 6.45) is 1.60. The molecule has 0 radical (unpaired) electrons. The number of para-hydroxylation sites is 1. The zero-order chi connectivity index (χ0) is 18.0. The average molecular weight is 338 g/mol. The first kappa shape index (κ1) is 16.4. The van der Waals surface area contributed by atoms with Crippen molar-refractivity contribution in [3.63, 3.8) is 0 Å². The molecule has 0 aliphatic carbocycles. The number of ether oxygens (including phenoxy) is 1. The maximum Gasteiger partial charge on any atom is 0.368 e. The number of aryl methyl sites for hydroxylation is 1. The smallest absolute Gasteiger partial charge is 0.368 e. The van der Waals surface area contributed by atoms with Crippen LogP contribution in [0.1, 0.15) is 16.7 Å². The molecule has 1 heterocycles. The van der Waals surface area contributed by atoms with Crippen LogP contribution in [0.25, 0.3) is 6.08 Å². The van der Waals surface area contributed by atoms with Crippen molar-refractivity contribution >= 4 is 23.4 Å². The topological polar surface area (TPSA) is 91.0 Å². The Kier molecular flexibility index (Phi) is 4.30. The van der Waals surface area contributed by atoms with Crippen molar-refractivity contribution in [3.05, 3.63) is 74.8 Å². The summed E-state index contributed by atoms with van der Waals surface area (Å²) in [6, 6.07) is 11.8. The average Bonchev–Trinajstić information content (AvgIpc) is 2.96. The van der Waals surface area contributed by atoms with E-state index < -0.39 is 10.9 Å². The van der Waals surface area contributed by atoms with E-state index in [1.54, 1.807) is 37.3 Å². The third kappa shape index (κ3) is 3.12. The lowest BCUT2D eigenvalue weighted by Crippen LogP contribution is -2.08. The molecule has 3 rings (SSSR count). The van der Waals surface area contributed by atoms with Crippen molar-refractivity contribution in [3.8, 4) is 5.75 Å². The minimum atomic E-state index is -0.621. The molecule has 0 atom stereocenters. The van der Waals surface area contributed by atoms with Crippen molar-refractivity contribution < 1.29 is 19.3 Å². The highest BCUT2D eigenvalue weighted by Crippen LogP contribution is 2.27. The lowest BCUT2D eigenvalue weighted by Gasteiger charge is -2.06. The fourth-order valence-corrected chi connectivity index (χ4v) is 2.51. The summed E-state index contributed by atoms with van der Waals surface area (Å²) in [4.78, 5) is 27.5. The van der Waals surface area contributed by atoms with Crippen molar-refractivity contribution in [2.24, 2.45) is 5.16 Å². The second-order valence-corrected chi connectivity index (χ2v) is 5.38. The van der Waals surface area contributed by atoms with Gasteiger partial charge in [0.25, 0.3) is 5.69 Å². The van der Waals surface area contributed by atoms with Crippen molar-refractivity contribution in [2.75, 3.05) is 7.11 Å². The molecule has 126 valence electrons. The van der Waals surface area contributed by atoms with Crippen molar-refractivity contribution in [2.45, 2.75) is 6.92 Å². The molecule has 0 bridgehead atoms. The van der Waals surface area contributed by atoms with E-state index in [4.69, 9.17) is 9.57 Å². The first-order chi connectivity index (χ1) is 12.0. The number of nitro groups is 1. The van der Waals surface area contributed by atoms with Gasteiger partial charge < -0.3 is 9.57 Å². The van der Waals surface area contributed by atoms with Gasteiger partial charge >= 0.3 is 5.97 Å². The van der Waals surface area contributed by atoms with Gasteiger partial charge in [0.1, 0.15) is 11.5 Å². The molecule has 1 aliphatic heterocycles. The quantitative estimate of drug-likeness (QED) is 0.369. The summed E-state index contributed by atoms with van der Waals surface area (Å²) in [6.45, 7) is 1.64. The fourth-order valence-electron chi connectivity index (χ4n) is 2.51. The molecule has 0 amide bonds. The predicted octanol–water partition coefficient (Wildman–Crippen LogP) is 3.26. The van der Waals surface area contributed by atoms with Crippen molar-refractivity contribution in [1.29, 1.82) is 0 Å². The summed E-state index contributed by atoms with van der Waals surface area (Å²) in [5.41, 5.74) is 2.05. The number of carbonyl (C=O) groups is 1. The van der Waals surface area contributed by atoms with E-state index in [9.17, 15) is 14.9 Å². The number of nitrogens with zero attached hydrogens (tertiary/aromatic N) is 2. The van der Waals surface area contributed by atoms with Crippen LogP contribution in [-0.4, -0.2) is 23.7 Å². The molecule has 0 N–H and O–H groups in total. The van der Waals surface area contributed by atoms with E-state index in [2.05, 4.69) is 5.16 Å². The van der Waals surface area contributed by atoms with E-state index in [1.807, 2.05) is 12.1 Å². The van der Waals surface area contributed by atoms with Crippen LogP contribution in [0.5, 0.6) is 5.75 Å². The summed E-state index contributed by atoms with van der Waals surface area (Å²) in [7, 11) is 1.53. The Balaban J connectivity index is 2.08. The molecule has 0 aromatic heterocycles. The minimum Gasteiger partial charge on any atom is -0.496 e. The second kappa shape index (κ2) is 6.56. The van der Waals surface area contributed by atoms with Gasteiger partial charge in [0.05, 0.1) is 17.6 Å². The predicted molar refractivity (Wildman–Crippen MR) is 91.4 cm³/mol. The summed E-state index contributed by atoms with van der Waals surface area (Å²) in [5, 5.41) is 14.9. The minimum absolute atomic E-state index is 0.0452. The highest BCUT2D eigenvalue weighted by molar-refractivity contribution is 6.31. The number of oxime groups is 1. The number of carbonyl (C=O) groups excluding carboxylic acids is 1. The van der Waals surface area contributed by atoms with Gasteiger partial charge in [0.15, 0.2) is 0 Å². The van der Waals surface area contributed by atoms with E-state index in [0.717, 1.165) is 0 Å². The van der Waals surface area contributed by atoms with Gasteiger partial charge in [0, 0.05) is 22.8 Å². The highest BCUT2D eigenvalue weighted by atomic mass is 16.7. The second-order valence-electron chi connectivity index (χ2n) is 5.38. The molecular weight excluding hydrogens is 324 g/mol. The van der Waals surface area contributed by atoms with Crippen LogP contribution in [0.3, 0.4) is 0 Å². The van der Waals surface area contributed by atoms with E-state index in [0.29, 0.717) is 22.4 Å². The van der Waals surface area contributed by atoms with E-state index in [-0.39, 0.29) is 17.0 Å². The molecule has 0 fully saturated rings. The molecule has 0 unspecified atom stereocenters. The van der Waals surface area contributed by atoms with E-state index >= 15 is 0 Å². The van der Waals surface area contributed by atoms with Gasteiger partial charge in [-0.3, -0.25) is 10.1 Å². The van der Waals surface area contributed by atoms with Crippen LogP contribution in [-0.2, 0) is 9.63 Å². The van der Waals surface area contributed by atoms with Crippen molar-refractivity contribution in [1.82, 2.24) is 0 Å². The third-order valence-corrected chi connectivity index (χ3v) is 3.81. The Hall–Kier alpha value is -3.48. The first-order valence-electron chi connectivity index (χ1n) is 7.41. The Morgan fingerprint density at radius 2 is 2.00 bits per heavy atom. The van der Waals surface area contributed by atoms with Crippen LogP contribution in [0.2, 0.25) is 0 Å². The number of methoxy groups -OCH3 is 1. The highest BCUT2D eigenvalue weighted by Gasteiger charge is 2.28. The molecule has 0 spiro atoms. The molecular formula is C18H14N2O5. The number of hydrogen-bond donors (Lipinski definition) is 0. The maximum atomic E-state index is 12.1. The molecule has 0 saturated carbocycles. The standard InChI is InChI=1S/C18H14N2O5/c1-11-7-8-13(10-15(11)20(22)23)17-14(18(21)25-19-17)9-12-5-3-4-6-16(12)24-2/h3-10H,1-2H3. The van der Waals surface area contributed by atoms with Gasteiger partial charge in [-0.1, -0.05) is 35.5 Å². The van der Waals surface area contributed by atoms with Crippen LogP contribution in [0.15, 0.2) is 53.2 Å². The summed E-state index contributed by atoms with van der Waals surface area (Å²) in [5.74, 6) is -0.0342. The number of nitro benzene ring substituents is 1. The van der Waals surface area contributed by atoms with E-state index in [1.165, 1.54) is 13.2 Å². The fraction of sp³-hybridized carbons (Fsp3) is 0.111. The normalized spacial score (nSPS) is 15.0. The molecule has 25 heavy (non-hydrogen) atoms. The zero-order valence-electron chi connectivity index (χ0n) is 13.6. The summed E-state index contributed by atoms with van der Waals surface area (Å²) < 4.78 is 5.27. The zero-order valence-corrected chi connectivity index (χ0v) is 13.6. The van der Waals surface area contributed by atoms with Gasteiger partial charge in [-0.15, -0.1) is 0 Å². The van der Waals surface area contributed by atoms with Crippen LogP contribution >= 0.6 is 0 Å². The lowest BCUT2D eigenvalue weighted by molar-refractivity contribution is -0.385. The molecule has 2 aromatic carbocycles. The number of benzene rings is 2. The Morgan fingerprint density at radius 1 is 1.24 bits per heavy atom. The number of rotatable bonds is 4. The Labute approximate surface area is 143 Å². The largest absolute Gasteiger partial charge is 0.496 e.